The number of carbonyl (C=O) groups is 2. The number of urea groups is 1. The first-order valence-corrected chi connectivity index (χ1v) is 9.30. The predicted octanol–water partition coefficient (Wildman–Crippen LogP) is 2.38. The molecule has 0 saturated carbocycles. The number of hydrogen-bond acceptors (Lipinski definition) is 5. The molecule has 1 aromatic carbocycles. The maximum atomic E-state index is 12.9. The highest BCUT2D eigenvalue weighted by Gasteiger charge is 2.38. The summed E-state index contributed by atoms with van der Waals surface area (Å²) >= 11 is 0. The van der Waals surface area contributed by atoms with Gasteiger partial charge in [0.25, 0.3) is 5.91 Å². The van der Waals surface area contributed by atoms with E-state index in [1.807, 2.05) is 57.3 Å². The zero-order valence-electron chi connectivity index (χ0n) is 16.1. The standard InChI is InChI=1S/C20H22N6O2/c1-12(2)26-11-15(23-24-26)9-18-19(27)25(20(28)22-18)10-14-8-13(3)21-17-7-5-4-6-16(14)17/h4-8,11-12,18H,9-10H2,1-3H3,(H,22,28). The van der Waals surface area contributed by atoms with E-state index in [0.29, 0.717) is 12.1 Å². The van der Waals surface area contributed by atoms with Gasteiger partial charge in [0, 0.05) is 29.7 Å². The highest BCUT2D eigenvalue weighted by atomic mass is 16.2. The van der Waals surface area contributed by atoms with Gasteiger partial charge in [-0.05, 0) is 38.5 Å². The number of imide groups is 1. The van der Waals surface area contributed by atoms with Crippen LogP contribution in [0.5, 0.6) is 0 Å². The van der Waals surface area contributed by atoms with Gasteiger partial charge < -0.3 is 5.32 Å². The third kappa shape index (κ3) is 3.33. The molecule has 1 aliphatic rings. The molecule has 3 aromatic rings. The molecule has 8 nitrogen and oxygen atoms in total. The smallest absolute Gasteiger partial charge is 0.325 e. The fraction of sp³-hybridized carbons (Fsp3) is 0.350. The molecule has 3 amide bonds. The Morgan fingerprint density at radius 1 is 1.21 bits per heavy atom. The van der Waals surface area contributed by atoms with E-state index in [0.717, 1.165) is 22.2 Å². The lowest BCUT2D eigenvalue weighted by Crippen LogP contribution is -2.32. The van der Waals surface area contributed by atoms with Crippen LogP contribution in [-0.2, 0) is 17.8 Å². The molecule has 3 heterocycles. The van der Waals surface area contributed by atoms with Crippen molar-refractivity contribution in [1.82, 2.24) is 30.2 Å². The molecule has 144 valence electrons. The first-order valence-electron chi connectivity index (χ1n) is 9.30. The number of carbonyl (C=O) groups excluding carboxylic acids is 2. The molecule has 0 aliphatic carbocycles. The van der Waals surface area contributed by atoms with Crippen LogP contribution in [-0.4, -0.2) is 42.9 Å². The van der Waals surface area contributed by atoms with Crippen LogP contribution in [0.25, 0.3) is 10.9 Å². The van der Waals surface area contributed by atoms with Crippen molar-refractivity contribution < 1.29 is 9.59 Å². The molecular formula is C20H22N6O2. The SMILES string of the molecule is Cc1cc(CN2C(=O)NC(Cc3cn(C(C)C)nn3)C2=O)c2ccccc2n1. The molecule has 28 heavy (non-hydrogen) atoms. The lowest BCUT2D eigenvalue weighted by atomic mass is 10.1. The Hall–Kier alpha value is -3.29. The van der Waals surface area contributed by atoms with Crippen molar-refractivity contribution in [3.63, 3.8) is 0 Å². The minimum absolute atomic E-state index is 0.190. The highest BCUT2D eigenvalue weighted by Crippen LogP contribution is 2.22. The van der Waals surface area contributed by atoms with Gasteiger partial charge >= 0.3 is 6.03 Å². The zero-order chi connectivity index (χ0) is 19.8. The van der Waals surface area contributed by atoms with Crippen LogP contribution in [0.15, 0.2) is 36.5 Å². The number of nitrogens with one attached hydrogen (secondary N) is 1. The molecular weight excluding hydrogens is 356 g/mol. The summed E-state index contributed by atoms with van der Waals surface area (Å²) in [6.07, 6.45) is 2.14. The molecule has 0 bridgehead atoms. The fourth-order valence-corrected chi connectivity index (χ4v) is 3.43. The van der Waals surface area contributed by atoms with E-state index in [9.17, 15) is 9.59 Å². The monoisotopic (exact) mass is 378 g/mol. The molecule has 1 aliphatic heterocycles. The van der Waals surface area contributed by atoms with Crippen molar-refractivity contribution in [1.29, 1.82) is 0 Å². The number of pyridine rings is 1. The average molecular weight is 378 g/mol. The van der Waals surface area contributed by atoms with Gasteiger partial charge in [-0.1, -0.05) is 23.4 Å². The first kappa shape index (κ1) is 18.1. The molecule has 1 atom stereocenters. The zero-order valence-corrected chi connectivity index (χ0v) is 16.1. The van der Waals surface area contributed by atoms with E-state index in [-0.39, 0.29) is 24.5 Å². The summed E-state index contributed by atoms with van der Waals surface area (Å²) in [6.45, 7) is 6.12. The second kappa shape index (κ2) is 7.03. The normalized spacial score (nSPS) is 17.0. The van der Waals surface area contributed by atoms with Crippen LogP contribution >= 0.6 is 0 Å². The topological polar surface area (TPSA) is 93.0 Å². The Morgan fingerprint density at radius 3 is 2.75 bits per heavy atom. The van der Waals surface area contributed by atoms with Gasteiger partial charge in [0.15, 0.2) is 0 Å². The second-order valence-corrected chi connectivity index (χ2v) is 7.35. The van der Waals surface area contributed by atoms with Gasteiger partial charge in [-0.15, -0.1) is 5.10 Å². The number of aryl methyl sites for hydroxylation is 1. The number of para-hydroxylation sites is 1. The lowest BCUT2D eigenvalue weighted by Gasteiger charge is -2.15. The molecule has 1 N–H and O–H groups in total. The van der Waals surface area contributed by atoms with Crippen LogP contribution in [0.3, 0.4) is 0 Å². The van der Waals surface area contributed by atoms with Gasteiger partial charge in [-0.2, -0.15) is 0 Å². The molecule has 0 spiro atoms. The number of benzene rings is 1. The van der Waals surface area contributed by atoms with Crippen molar-refractivity contribution in [2.75, 3.05) is 0 Å². The summed E-state index contributed by atoms with van der Waals surface area (Å²) in [5.74, 6) is -0.248. The second-order valence-electron chi connectivity index (χ2n) is 7.35. The van der Waals surface area contributed by atoms with Crippen molar-refractivity contribution in [3.8, 4) is 0 Å². The van der Waals surface area contributed by atoms with Crippen LogP contribution in [0, 0.1) is 6.92 Å². The quantitative estimate of drug-likeness (QED) is 0.688. The van der Waals surface area contributed by atoms with Crippen LogP contribution in [0.1, 0.15) is 36.8 Å². The summed E-state index contributed by atoms with van der Waals surface area (Å²) in [4.78, 5) is 31.1. The number of rotatable bonds is 5. The van der Waals surface area contributed by atoms with E-state index < -0.39 is 6.04 Å². The summed E-state index contributed by atoms with van der Waals surface area (Å²) in [7, 11) is 0. The first-order chi connectivity index (χ1) is 13.4. The summed E-state index contributed by atoms with van der Waals surface area (Å²) in [5, 5.41) is 11.9. The van der Waals surface area contributed by atoms with Crippen LogP contribution in [0.4, 0.5) is 4.79 Å². The maximum absolute atomic E-state index is 12.9. The average Bonchev–Trinajstić information content (AvgIpc) is 3.22. The molecule has 2 aromatic heterocycles. The van der Waals surface area contributed by atoms with E-state index in [4.69, 9.17) is 0 Å². The molecule has 4 rings (SSSR count). The highest BCUT2D eigenvalue weighted by molar-refractivity contribution is 6.04. The van der Waals surface area contributed by atoms with E-state index in [1.54, 1.807) is 4.68 Å². The summed E-state index contributed by atoms with van der Waals surface area (Å²) < 4.78 is 1.74. The number of hydrogen-bond donors (Lipinski definition) is 1. The maximum Gasteiger partial charge on any atom is 0.325 e. The Bertz CT molecular complexity index is 1060. The Morgan fingerprint density at radius 2 is 2.00 bits per heavy atom. The number of amides is 3. The fourth-order valence-electron chi connectivity index (χ4n) is 3.43. The molecule has 8 heteroatoms. The Labute approximate surface area is 162 Å². The van der Waals surface area contributed by atoms with Crippen molar-refractivity contribution in [2.45, 2.75) is 45.8 Å². The minimum atomic E-state index is -0.626. The van der Waals surface area contributed by atoms with Crippen LogP contribution < -0.4 is 5.32 Å². The predicted molar refractivity (Wildman–Crippen MR) is 103 cm³/mol. The van der Waals surface area contributed by atoms with Crippen LogP contribution in [0.2, 0.25) is 0 Å². The molecule has 1 fully saturated rings. The van der Waals surface area contributed by atoms with Gasteiger partial charge in [0.2, 0.25) is 0 Å². The summed E-state index contributed by atoms with van der Waals surface area (Å²) in [6, 6.07) is 8.83. The Kier molecular flexibility index (Phi) is 4.54. The third-order valence-electron chi connectivity index (χ3n) is 4.87. The Balaban J connectivity index is 1.55. The van der Waals surface area contributed by atoms with Crippen molar-refractivity contribution in [2.24, 2.45) is 0 Å². The number of fused-ring (bicyclic) bond motifs is 1. The summed E-state index contributed by atoms with van der Waals surface area (Å²) in [5.41, 5.74) is 3.28. The van der Waals surface area contributed by atoms with Gasteiger partial charge in [-0.3, -0.25) is 14.7 Å². The van der Waals surface area contributed by atoms with E-state index in [1.165, 1.54) is 4.90 Å². The lowest BCUT2D eigenvalue weighted by molar-refractivity contribution is -0.127. The van der Waals surface area contributed by atoms with Crippen molar-refractivity contribution >= 4 is 22.8 Å². The largest absolute Gasteiger partial charge is 0.325 e. The van der Waals surface area contributed by atoms with Gasteiger partial charge in [0.05, 0.1) is 17.8 Å². The van der Waals surface area contributed by atoms with E-state index >= 15 is 0 Å². The molecule has 0 radical (unpaired) electrons. The minimum Gasteiger partial charge on any atom is -0.325 e. The number of nitrogens with zero attached hydrogens (tertiary/aromatic N) is 5. The molecule has 1 unspecified atom stereocenters. The van der Waals surface area contributed by atoms with Gasteiger partial charge in [-0.25, -0.2) is 9.48 Å². The molecule has 1 saturated heterocycles. The van der Waals surface area contributed by atoms with Crippen molar-refractivity contribution in [3.05, 3.63) is 53.5 Å². The number of aromatic nitrogens is 4. The van der Waals surface area contributed by atoms with E-state index in [2.05, 4.69) is 20.6 Å². The third-order valence-corrected chi connectivity index (χ3v) is 4.87. The van der Waals surface area contributed by atoms with Gasteiger partial charge in [0.1, 0.15) is 6.04 Å².